The van der Waals surface area contributed by atoms with Crippen LogP contribution in [0.4, 0.5) is 0 Å². The molecule has 2 N–H and O–H groups in total. The molecule has 0 bridgehead atoms. The number of aryl methyl sites for hydroxylation is 1. The van der Waals surface area contributed by atoms with E-state index in [1.807, 2.05) is 16.8 Å². The van der Waals surface area contributed by atoms with E-state index in [2.05, 4.69) is 11.2 Å². The molecule has 3 aromatic rings. The fourth-order valence-electron chi connectivity index (χ4n) is 3.62. The number of benzene rings is 1. The largest absolute Gasteiger partial charge is 0.493 e. The summed E-state index contributed by atoms with van der Waals surface area (Å²) >= 11 is 6.40. The number of carbonyl (C=O) groups is 1. The molecule has 29 heavy (non-hydrogen) atoms. The van der Waals surface area contributed by atoms with Gasteiger partial charge in [-0.2, -0.15) is 5.10 Å². The van der Waals surface area contributed by atoms with Crippen LogP contribution in [0.15, 0.2) is 24.4 Å². The molecule has 0 spiro atoms. The number of methoxy groups -OCH3 is 2. The van der Waals surface area contributed by atoms with Gasteiger partial charge in [-0.1, -0.05) is 11.6 Å². The second kappa shape index (κ2) is 7.91. The summed E-state index contributed by atoms with van der Waals surface area (Å²) in [6.07, 6.45) is 5.08. The first-order valence-electron chi connectivity index (χ1n) is 9.58. The van der Waals surface area contributed by atoms with Crippen LogP contribution >= 0.6 is 11.6 Å². The maximum Gasteiger partial charge on any atom is 0.217 e. The summed E-state index contributed by atoms with van der Waals surface area (Å²) in [5.74, 6) is 1.27. The molecule has 0 saturated heterocycles. The number of nitrogens with two attached hydrogens (primary N) is 1. The van der Waals surface area contributed by atoms with E-state index in [9.17, 15) is 4.79 Å². The number of primary amides is 1. The van der Waals surface area contributed by atoms with Crippen LogP contribution in [0.5, 0.6) is 11.5 Å². The van der Waals surface area contributed by atoms with Gasteiger partial charge in [-0.3, -0.25) is 9.48 Å². The van der Waals surface area contributed by atoms with E-state index in [-0.39, 0.29) is 5.91 Å². The number of rotatable bonds is 8. The maximum absolute atomic E-state index is 11.1. The molecule has 1 fully saturated rings. The predicted octanol–water partition coefficient (Wildman–Crippen LogP) is 3.91. The van der Waals surface area contributed by atoms with Crippen molar-refractivity contribution in [1.29, 1.82) is 0 Å². The lowest BCUT2D eigenvalue weighted by Crippen LogP contribution is -2.12. The Kier molecular flexibility index (Phi) is 5.32. The Balaban J connectivity index is 1.78. The molecule has 0 atom stereocenters. The van der Waals surface area contributed by atoms with Crippen LogP contribution < -0.4 is 15.2 Å². The van der Waals surface area contributed by atoms with Crippen LogP contribution in [0.2, 0.25) is 5.02 Å². The molecule has 2 heterocycles. The number of ether oxygens (including phenoxy) is 2. The summed E-state index contributed by atoms with van der Waals surface area (Å²) in [4.78, 5) is 15.9. The summed E-state index contributed by atoms with van der Waals surface area (Å²) in [7, 11) is 3.14. The van der Waals surface area contributed by atoms with Gasteiger partial charge in [0, 0.05) is 18.5 Å². The van der Waals surface area contributed by atoms with Crippen molar-refractivity contribution in [2.45, 2.75) is 38.1 Å². The summed E-state index contributed by atoms with van der Waals surface area (Å²) in [6.45, 7) is 0.634. The van der Waals surface area contributed by atoms with E-state index < -0.39 is 0 Å². The van der Waals surface area contributed by atoms with Crippen molar-refractivity contribution in [3.05, 3.63) is 35.0 Å². The quantitative estimate of drug-likeness (QED) is 0.603. The van der Waals surface area contributed by atoms with Crippen molar-refractivity contribution in [2.75, 3.05) is 14.2 Å². The normalized spacial score (nSPS) is 13.6. The van der Waals surface area contributed by atoms with Crippen molar-refractivity contribution >= 4 is 28.5 Å². The van der Waals surface area contributed by atoms with Crippen molar-refractivity contribution < 1.29 is 14.3 Å². The monoisotopic (exact) mass is 414 g/mol. The van der Waals surface area contributed by atoms with Gasteiger partial charge in [-0.25, -0.2) is 4.98 Å². The van der Waals surface area contributed by atoms with Gasteiger partial charge >= 0.3 is 0 Å². The molecule has 152 valence electrons. The fraction of sp³-hybridized carbons (Fsp3) is 0.381. The second-order valence-corrected chi connectivity index (χ2v) is 7.64. The van der Waals surface area contributed by atoms with Crippen LogP contribution in [0.1, 0.15) is 37.2 Å². The third kappa shape index (κ3) is 3.87. The SMILES string of the molecule is COc1cc(-c2cc(C3CC3)c3c(cnn3CCCC(N)=O)n2)cc(Cl)c1OC. The predicted molar refractivity (Wildman–Crippen MR) is 111 cm³/mol. The molecular formula is C21H23ClN4O3. The Bertz CT molecular complexity index is 1080. The Labute approximate surface area is 173 Å². The minimum absolute atomic E-state index is 0.297. The fourth-order valence-corrected chi connectivity index (χ4v) is 3.91. The topological polar surface area (TPSA) is 92.3 Å². The molecule has 7 nitrogen and oxygen atoms in total. The van der Waals surface area contributed by atoms with Crippen LogP contribution in [-0.4, -0.2) is 34.9 Å². The Hall–Kier alpha value is -2.80. The molecular weight excluding hydrogens is 392 g/mol. The average Bonchev–Trinajstić information content (AvgIpc) is 3.47. The molecule has 1 aromatic carbocycles. The van der Waals surface area contributed by atoms with Gasteiger partial charge in [-0.05, 0) is 48.9 Å². The summed E-state index contributed by atoms with van der Waals surface area (Å²) < 4.78 is 12.7. The van der Waals surface area contributed by atoms with Gasteiger partial charge in [-0.15, -0.1) is 0 Å². The highest BCUT2D eigenvalue weighted by Gasteiger charge is 2.28. The first kappa shape index (κ1) is 19.5. The molecule has 8 heteroatoms. The van der Waals surface area contributed by atoms with Gasteiger partial charge in [0.05, 0.1) is 36.6 Å². The van der Waals surface area contributed by atoms with E-state index in [1.165, 1.54) is 5.56 Å². The van der Waals surface area contributed by atoms with Crippen molar-refractivity contribution in [1.82, 2.24) is 14.8 Å². The van der Waals surface area contributed by atoms with Crippen LogP contribution in [0, 0.1) is 0 Å². The van der Waals surface area contributed by atoms with Gasteiger partial charge in [0.25, 0.3) is 0 Å². The maximum atomic E-state index is 11.1. The number of hydrogen-bond acceptors (Lipinski definition) is 5. The Morgan fingerprint density at radius 1 is 1.28 bits per heavy atom. The molecule has 1 aliphatic rings. The minimum atomic E-state index is -0.297. The number of carbonyl (C=O) groups excluding carboxylic acids is 1. The molecule has 0 radical (unpaired) electrons. The molecule has 1 aliphatic carbocycles. The number of halogens is 1. The third-order valence-electron chi connectivity index (χ3n) is 5.17. The lowest BCUT2D eigenvalue weighted by Gasteiger charge is -2.13. The van der Waals surface area contributed by atoms with Crippen LogP contribution in [-0.2, 0) is 11.3 Å². The van der Waals surface area contributed by atoms with E-state index in [4.69, 9.17) is 31.8 Å². The molecule has 0 unspecified atom stereocenters. The standard InChI is InChI=1S/C21H23ClN4O3/c1-28-18-9-13(8-15(22)21(18)29-2)16-10-14(12-5-6-12)20-17(25-16)11-24-26(20)7-3-4-19(23)27/h8-12H,3-7H2,1-2H3,(H2,23,27). The number of pyridine rings is 1. The number of hydrogen-bond donors (Lipinski definition) is 1. The number of nitrogens with zero attached hydrogens (tertiary/aromatic N) is 3. The molecule has 0 aliphatic heterocycles. The van der Waals surface area contributed by atoms with Gasteiger partial charge in [0.2, 0.25) is 5.91 Å². The summed E-state index contributed by atoms with van der Waals surface area (Å²) in [5, 5.41) is 4.98. The van der Waals surface area contributed by atoms with Crippen molar-refractivity contribution in [3.63, 3.8) is 0 Å². The lowest BCUT2D eigenvalue weighted by atomic mass is 10.0. The smallest absolute Gasteiger partial charge is 0.217 e. The first-order valence-corrected chi connectivity index (χ1v) is 9.96. The highest BCUT2D eigenvalue weighted by molar-refractivity contribution is 6.32. The highest BCUT2D eigenvalue weighted by Crippen LogP contribution is 2.45. The lowest BCUT2D eigenvalue weighted by molar-refractivity contribution is -0.118. The Morgan fingerprint density at radius 3 is 2.72 bits per heavy atom. The van der Waals surface area contributed by atoms with Gasteiger partial charge in [0.1, 0.15) is 5.52 Å². The van der Waals surface area contributed by atoms with Crippen LogP contribution in [0.3, 0.4) is 0 Å². The van der Waals surface area contributed by atoms with Crippen molar-refractivity contribution in [3.8, 4) is 22.8 Å². The molecule has 1 saturated carbocycles. The van der Waals surface area contributed by atoms with E-state index in [0.29, 0.717) is 41.8 Å². The molecule has 2 aromatic heterocycles. The zero-order valence-corrected chi connectivity index (χ0v) is 17.2. The third-order valence-corrected chi connectivity index (χ3v) is 5.45. The van der Waals surface area contributed by atoms with Gasteiger partial charge in [0.15, 0.2) is 11.5 Å². The van der Waals surface area contributed by atoms with E-state index >= 15 is 0 Å². The molecule has 1 amide bonds. The first-order chi connectivity index (χ1) is 14.0. The van der Waals surface area contributed by atoms with Crippen molar-refractivity contribution in [2.24, 2.45) is 5.73 Å². The summed E-state index contributed by atoms with van der Waals surface area (Å²) in [5.41, 5.74) is 10.0. The highest BCUT2D eigenvalue weighted by atomic mass is 35.5. The average molecular weight is 415 g/mol. The number of amides is 1. The van der Waals surface area contributed by atoms with E-state index in [0.717, 1.165) is 35.1 Å². The number of aromatic nitrogens is 3. The van der Waals surface area contributed by atoms with E-state index in [1.54, 1.807) is 20.4 Å². The Morgan fingerprint density at radius 2 is 2.07 bits per heavy atom. The van der Waals surface area contributed by atoms with Gasteiger partial charge < -0.3 is 15.2 Å². The zero-order valence-electron chi connectivity index (χ0n) is 16.4. The summed E-state index contributed by atoms with van der Waals surface area (Å²) in [6, 6.07) is 5.84. The minimum Gasteiger partial charge on any atom is -0.493 e. The van der Waals surface area contributed by atoms with Crippen LogP contribution in [0.25, 0.3) is 22.3 Å². The number of fused-ring (bicyclic) bond motifs is 1. The second-order valence-electron chi connectivity index (χ2n) is 7.24. The zero-order chi connectivity index (χ0) is 20.5. The molecule has 4 rings (SSSR count).